The van der Waals surface area contributed by atoms with Crippen LogP contribution in [0, 0.1) is 11.6 Å². The average molecular weight is 773 g/mol. The number of imide groups is 1. The molecule has 6 rings (SSSR count). The lowest BCUT2D eigenvalue weighted by atomic mass is 10.1. The third-order valence-corrected chi connectivity index (χ3v) is 9.72. The topological polar surface area (TPSA) is 170 Å². The van der Waals surface area contributed by atoms with Gasteiger partial charge in [-0.3, -0.25) is 24.6 Å². The van der Waals surface area contributed by atoms with E-state index in [-0.39, 0.29) is 81.2 Å². The summed E-state index contributed by atoms with van der Waals surface area (Å²) in [4.78, 5) is 56.3. The Morgan fingerprint density at radius 1 is 0.907 bits per heavy atom. The number of hydrogen-bond acceptors (Lipinski definition) is 12. The smallest absolute Gasteiger partial charge is 0.328 e. The zero-order chi connectivity index (χ0) is 37.9. The van der Waals surface area contributed by atoms with Crippen LogP contribution in [-0.2, 0) is 28.5 Å². The maximum Gasteiger partial charge on any atom is 0.328 e. The first-order valence-corrected chi connectivity index (χ1v) is 18.6. The third kappa shape index (κ3) is 10.5. The van der Waals surface area contributed by atoms with Gasteiger partial charge in [-0.2, -0.15) is 4.39 Å². The number of carbonyl (C=O) groups excluding carboxylic acids is 4. The first kappa shape index (κ1) is 39.0. The molecule has 290 valence electrons. The van der Waals surface area contributed by atoms with Crippen LogP contribution in [0.1, 0.15) is 29.6 Å². The van der Waals surface area contributed by atoms with Crippen LogP contribution in [0.25, 0.3) is 11.3 Å². The summed E-state index contributed by atoms with van der Waals surface area (Å²) >= 11 is 1.41. The van der Waals surface area contributed by atoms with Crippen LogP contribution in [0.3, 0.4) is 0 Å². The molecule has 0 spiro atoms. The second kappa shape index (κ2) is 19.0. The van der Waals surface area contributed by atoms with Gasteiger partial charge in [0.25, 0.3) is 11.8 Å². The molecular formula is C36H42F2N6O9S. The van der Waals surface area contributed by atoms with E-state index in [1.165, 1.54) is 22.3 Å². The van der Waals surface area contributed by atoms with E-state index in [9.17, 15) is 28.0 Å². The number of rotatable bonds is 19. The number of fused-ring (bicyclic) bond motifs is 2. The summed E-state index contributed by atoms with van der Waals surface area (Å²) in [6.45, 7) is 3.38. The number of halogens is 2. The van der Waals surface area contributed by atoms with Gasteiger partial charge in [-0.25, -0.2) is 14.2 Å². The fraction of sp³-hybridized carbons (Fsp3) is 0.472. The molecule has 1 aromatic heterocycles. The highest BCUT2D eigenvalue weighted by molar-refractivity contribution is 7.14. The molecule has 3 fully saturated rings. The van der Waals surface area contributed by atoms with Crippen LogP contribution in [-0.4, -0.2) is 120 Å². The van der Waals surface area contributed by atoms with Gasteiger partial charge in [0.15, 0.2) is 23.3 Å². The molecule has 3 aliphatic rings. The maximum atomic E-state index is 14.8. The van der Waals surface area contributed by atoms with Crippen molar-refractivity contribution >= 4 is 45.9 Å². The average Bonchev–Trinajstić information content (AvgIpc) is 3.80. The molecule has 4 heterocycles. The number of nitrogens with one attached hydrogen (secondary N) is 3. The molecule has 54 heavy (non-hydrogen) atoms. The maximum absolute atomic E-state index is 14.8. The number of benzene rings is 2. The molecule has 2 bridgehead atoms. The summed E-state index contributed by atoms with van der Waals surface area (Å²) in [6, 6.07) is 8.43. The van der Waals surface area contributed by atoms with Crippen molar-refractivity contribution in [3.8, 4) is 17.0 Å². The van der Waals surface area contributed by atoms with Gasteiger partial charge in [-0.05, 0) is 49.2 Å². The quantitative estimate of drug-likeness (QED) is 0.153. The lowest BCUT2D eigenvalue weighted by molar-refractivity contribution is -0.123. The standard InChI is InChI=1S/C36H42F2N6O9S/c37-28-8-7-27(29-22-54-36(41-29)43-19-25-5-6-26(20-43)53-25)33(32(28)38)52-21-31(46)39-10-13-49-15-17-51-18-16-50-14-11-40-34(47)23-1-3-24(4-2-23)44-12-9-30(45)42-35(44)48/h1-4,7-8,22,25-26H,5-6,9-21H2,(H,39,46)(H,40,47)(H,42,45,48). The number of urea groups is 1. The molecule has 2 unspecified atom stereocenters. The molecule has 3 aliphatic heterocycles. The van der Waals surface area contributed by atoms with Crippen LogP contribution in [0.2, 0.25) is 0 Å². The zero-order valence-electron chi connectivity index (χ0n) is 29.5. The van der Waals surface area contributed by atoms with Gasteiger partial charge in [0.2, 0.25) is 11.7 Å². The monoisotopic (exact) mass is 772 g/mol. The van der Waals surface area contributed by atoms with Crippen molar-refractivity contribution in [3.63, 3.8) is 0 Å². The molecule has 2 atom stereocenters. The van der Waals surface area contributed by atoms with Gasteiger partial charge in [0.05, 0.1) is 57.5 Å². The Morgan fingerprint density at radius 3 is 2.26 bits per heavy atom. The molecule has 18 heteroatoms. The number of ether oxygens (including phenoxy) is 5. The van der Waals surface area contributed by atoms with E-state index >= 15 is 0 Å². The highest BCUT2D eigenvalue weighted by Gasteiger charge is 2.35. The molecule has 3 aromatic rings. The van der Waals surface area contributed by atoms with Gasteiger partial charge in [-0.15, -0.1) is 11.3 Å². The molecule has 3 N–H and O–H groups in total. The Labute approximate surface area is 314 Å². The third-order valence-electron chi connectivity index (χ3n) is 8.82. The van der Waals surface area contributed by atoms with Gasteiger partial charge in [-0.1, -0.05) is 0 Å². The second-order valence-corrected chi connectivity index (χ2v) is 13.5. The van der Waals surface area contributed by atoms with Gasteiger partial charge in [0.1, 0.15) is 0 Å². The highest BCUT2D eigenvalue weighted by atomic mass is 32.1. The van der Waals surface area contributed by atoms with Crippen molar-refractivity contribution < 1.29 is 51.6 Å². The number of hydrogen-bond donors (Lipinski definition) is 3. The van der Waals surface area contributed by atoms with Crippen molar-refractivity contribution in [2.45, 2.75) is 31.5 Å². The second-order valence-electron chi connectivity index (χ2n) is 12.6. The summed E-state index contributed by atoms with van der Waals surface area (Å²) < 4.78 is 56.7. The molecule has 0 saturated carbocycles. The number of nitrogens with zero attached hydrogens (tertiary/aromatic N) is 3. The van der Waals surface area contributed by atoms with Crippen molar-refractivity contribution in [1.82, 2.24) is 20.9 Å². The number of morpholine rings is 1. The van der Waals surface area contributed by atoms with E-state index in [1.807, 2.05) is 0 Å². The van der Waals surface area contributed by atoms with Crippen molar-refractivity contribution in [1.29, 1.82) is 0 Å². The lowest BCUT2D eigenvalue weighted by Gasteiger charge is -2.31. The Kier molecular flexibility index (Phi) is 13.7. The van der Waals surface area contributed by atoms with E-state index < -0.39 is 30.2 Å². The number of anilines is 2. The van der Waals surface area contributed by atoms with Crippen molar-refractivity contribution in [2.75, 3.05) is 88.8 Å². The van der Waals surface area contributed by atoms with E-state index in [0.717, 1.165) is 37.1 Å². The first-order chi connectivity index (χ1) is 26.2. The highest BCUT2D eigenvalue weighted by Crippen LogP contribution is 2.38. The fourth-order valence-corrected chi connectivity index (χ4v) is 6.96. The van der Waals surface area contributed by atoms with Crippen molar-refractivity contribution in [3.05, 3.63) is 59.0 Å². The summed E-state index contributed by atoms with van der Waals surface area (Å²) in [6.07, 6.45) is 2.60. The summed E-state index contributed by atoms with van der Waals surface area (Å²) in [7, 11) is 0. The number of amides is 5. The molecule has 3 saturated heterocycles. The van der Waals surface area contributed by atoms with Crippen LogP contribution in [0.5, 0.6) is 5.75 Å². The molecule has 2 aromatic carbocycles. The lowest BCUT2D eigenvalue weighted by Crippen LogP contribution is -2.49. The SMILES string of the molecule is O=C(COc1c(-c2csc(N3CC4CCC(C3)O4)n2)ccc(F)c1F)NCCOCCOCCOCCNC(=O)c1ccc(N2CCC(=O)NC2=O)cc1. The molecule has 0 aliphatic carbocycles. The Balaban J connectivity index is 0.789. The largest absolute Gasteiger partial charge is 0.480 e. The normalized spacial score (nSPS) is 18.1. The van der Waals surface area contributed by atoms with E-state index in [2.05, 4.69) is 25.8 Å². The number of carbonyl (C=O) groups is 4. The molecule has 0 radical (unpaired) electrons. The van der Waals surface area contributed by atoms with Crippen LogP contribution >= 0.6 is 11.3 Å². The van der Waals surface area contributed by atoms with Crippen LogP contribution < -0.4 is 30.5 Å². The van der Waals surface area contributed by atoms with Gasteiger partial charge in [0, 0.05) is 61.3 Å². The Morgan fingerprint density at radius 2 is 1.57 bits per heavy atom. The van der Waals surface area contributed by atoms with E-state index in [4.69, 9.17) is 23.7 Å². The number of aromatic nitrogens is 1. The minimum Gasteiger partial charge on any atom is -0.480 e. The van der Waals surface area contributed by atoms with Crippen LogP contribution in [0.15, 0.2) is 41.8 Å². The fourth-order valence-electron chi connectivity index (χ4n) is 6.11. The first-order valence-electron chi connectivity index (χ1n) is 17.7. The van der Waals surface area contributed by atoms with Gasteiger partial charge >= 0.3 is 6.03 Å². The molecular weight excluding hydrogens is 730 g/mol. The molecule has 15 nitrogen and oxygen atoms in total. The minimum atomic E-state index is -1.19. The predicted molar refractivity (Wildman–Crippen MR) is 193 cm³/mol. The summed E-state index contributed by atoms with van der Waals surface area (Å²) in [5, 5.41) is 10.2. The predicted octanol–water partition coefficient (Wildman–Crippen LogP) is 2.88. The van der Waals surface area contributed by atoms with Gasteiger partial charge < -0.3 is 39.2 Å². The Bertz CT molecular complexity index is 1770. The summed E-state index contributed by atoms with van der Waals surface area (Å²) in [5.74, 6) is -3.78. The van der Waals surface area contributed by atoms with Crippen molar-refractivity contribution in [2.24, 2.45) is 0 Å². The minimum absolute atomic E-state index is 0.175. The van der Waals surface area contributed by atoms with Crippen LogP contribution in [0.4, 0.5) is 24.4 Å². The Hall–Kier alpha value is -4.75. The van der Waals surface area contributed by atoms with E-state index in [1.54, 1.807) is 29.6 Å². The van der Waals surface area contributed by atoms with E-state index in [0.29, 0.717) is 36.8 Å². The zero-order valence-corrected chi connectivity index (χ0v) is 30.3. The summed E-state index contributed by atoms with van der Waals surface area (Å²) in [5.41, 5.74) is 1.70. The molecule has 5 amide bonds. The number of thiazole rings is 1.